The fourth-order valence-corrected chi connectivity index (χ4v) is 3.98. The van der Waals surface area contributed by atoms with Gasteiger partial charge in [0, 0.05) is 23.3 Å². The number of amides is 1. The molecule has 6 heteroatoms. The van der Waals surface area contributed by atoms with E-state index in [1.165, 1.54) is 0 Å². The summed E-state index contributed by atoms with van der Waals surface area (Å²) in [7, 11) is 0. The summed E-state index contributed by atoms with van der Waals surface area (Å²) >= 11 is 0. The smallest absolute Gasteiger partial charge is 0.307 e. The summed E-state index contributed by atoms with van der Waals surface area (Å²) in [5.41, 5.74) is 7.31. The number of nitrogens with two attached hydrogens (primary N) is 1. The van der Waals surface area contributed by atoms with Gasteiger partial charge in [-0.3, -0.25) is 9.69 Å². The first kappa shape index (κ1) is 15.2. The van der Waals surface area contributed by atoms with Gasteiger partial charge in [0.05, 0.1) is 6.20 Å². The molecule has 1 aromatic heterocycles. The van der Waals surface area contributed by atoms with Crippen molar-refractivity contribution >= 4 is 11.6 Å². The second-order valence-corrected chi connectivity index (χ2v) is 6.73. The molecule has 0 radical (unpaired) electrons. The molecule has 0 spiro atoms. The fourth-order valence-electron chi connectivity index (χ4n) is 3.98. The van der Waals surface area contributed by atoms with Crippen molar-refractivity contribution in [2.24, 2.45) is 5.92 Å². The molecule has 1 aromatic carbocycles. The van der Waals surface area contributed by atoms with Gasteiger partial charge in [-0.05, 0) is 50.9 Å². The lowest BCUT2D eigenvalue weighted by Crippen LogP contribution is -2.62. The SMILES string of the molecule is CC1C(NC(=O)c2ncc(-c3ccccc3N)o2)C2CCN1CC2. The molecule has 126 valence electrons. The first-order valence-corrected chi connectivity index (χ1v) is 8.49. The minimum atomic E-state index is -0.249. The molecule has 2 bridgehead atoms. The molecule has 1 amide bonds. The first-order chi connectivity index (χ1) is 11.6. The Morgan fingerprint density at radius 1 is 1.33 bits per heavy atom. The number of oxazole rings is 1. The number of aromatic nitrogens is 1. The Balaban J connectivity index is 1.51. The van der Waals surface area contributed by atoms with Gasteiger partial charge in [-0.15, -0.1) is 0 Å². The van der Waals surface area contributed by atoms with Crippen molar-refractivity contribution in [3.8, 4) is 11.3 Å². The molecule has 2 unspecified atom stereocenters. The molecule has 24 heavy (non-hydrogen) atoms. The molecule has 0 aliphatic carbocycles. The molecule has 3 fully saturated rings. The van der Waals surface area contributed by atoms with Gasteiger partial charge < -0.3 is 15.5 Å². The standard InChI is InChI=1S/C18H22N4O2/c1-11-16(12-6-8-22(11)9-7-12)21-17(23)18-20-10-15(24-18)13-4-2-3-5-14(13)19/h2-5,10-12,16H,6-9,19H2,1H3,(H,21,23). The van der Waals surface area contributed by atoms with Gasteiger partial charge in [0.15, 0.2) is 5.76 Å². The van der Waals surface area contributed by atoms with Crippen molar-refractivity contribution in [1.82, 2.24) is 15.2 Å². The number of anilines is 1. The molecule has 3 aliphatic rings. The van der Waals surface area contributed by atoms with Crippen LogP contribution in [0.2, 0.25) is 0 Å². The largest absolute Gasteiger partial charge is 0.432 e. The van der Waals surface area contributed by atoms with Crippen LogP contribution in [0.5, 0.6) is 0 Å². The molecule has 2 aromatic rings. The third-order valence-corrected chi connectivity index (χ3v) is 5.40. The fraction of sp³-hybridized carbons (Fsp3) is 0.444. The lowest BCUT2D eigenvalue weighted by atomic mass is 9.79. The van der Waals surface area contributed by atoms with Crippen LogP contribution in [0.3, 0.4) is 0 Å². The highest BCUT2D eigenvalue weighted by atomic mass is 16.4. The molecule has 2 atom stereocenters. The maximum Gasteiger partial charge on any atom is 0.307 e. The van der Waals surface area contributed by atoms with E-state index in [1.807, 2.05) is 18.2 Å². The van der Waals surface area contributed by atoms with Crippen molar-refractivity contribution in [3.63, 3.8) is 0 Å². The van der Waals surface area contributed by atoms with Crippen LogP contribution in [0.25, 0.3) is 11.3 Å². The van der Waals surface area contributed by atoms with Crippen LogP contribution in [0.1, 0.15) is 30.5 Å². The van der Waals surface area contributed by atoms with Crippen LogP contribution >= 0.6 is 0 Å². The average Bonchev–Trinajstić information content (AvgIpc) is 3.09. The summed E-state index contributed by atoms with van der Waals surface area (Å²) in [4.78, 5) is 19.1. The Bertz CT molecular complexity index is 747. The normalized spacial score (nSPS) is 28.7. The Hall–Kier alpha value is -2.34. The predicted molar refractivity (Wildman–Crippen MR) is 91.4 cm³/mol. The number of hydrogen-bond acceptors (Lipinski definition) is 5. The molecule has 5 rings (SSSR count). The van der Waals surface area contributed by atoms with Crippen molar-refractivity contribution < 1.29 is 9.21 Å². The topological polar surface area (TPSA) is 84.4 Å². The Morgan fingerprint density at radius 3 is 2.79 bits per heavy atom. The van der Waals surface area contributed by atoms with Gasteiger partial charge in [-0.2, -0.15) is 0 Å². The Kier molecular flexibility index (Phi) is 3.76. The molecular weight excluding hydrogens is 304 g/mol. The van der Waals surface area contributed by atoms with E-state index in [0.717, 1.165) is 31.5 Å². The summed E-state index contributed by atoms with van der Waals surface area (Å²) in [6.07, 6.45) is 3.85. The number of fused-ring (bicyclic) bond motifs is 3. The third kappa shape index (κ3) is 2.57. The number of nitrogens with zero attached hydrogens (tertiary/aromatic N) is 2. The van der Waals surface area contributed by atoms with E-state index in [9.17, 15) is 4.79 Å². The zero-order valence-corrected chi connectivity index (χ0v) is 13.7. The maximum absolute atomic E-state index is 12.5. The van der Waals surface area contributed by atoms with Crippen LogP contribution in [0.15, 0.2) is 34.9 Å². The number of rotatable bonds is 3. The monoisotopic (exact) mass is 326 g/mol. The number of carbonyl (C=O) groups excluding carboxylic acids is 1. The summed E-state index contributed by atoms with van der Waals surface area (Å²) in [6, 6.07) is 7.91. The van der Waals surface area contributed by atoms with Crippen LogP contribution in [-0.2, 0) is 0 Å². The Labute approximate surface area is 141 Å². The molecule has 0 saturated carbocycles. The number of hydrogen-bond donors (Lipinski definition) is 2. The average molecular weight is 326 g/mol. The number of piperidine rings is 3. The lowest BCUT2D eigenvalue weighted by Gasteiger charge is -2.49. The van der Waals surface area contributed by atoms with Gasteiger partial charge >= 0.3 is 5.91 Å². The van der Waals surface area contributed by atoms with Gasteiger partial charge in [-0.1, -0.05) is 12.1 Å². The highest BCUT2D eigenvalue weighted by Crippen LogP contribution is 2.32. The summed E-state index contributed by atoms with van der Waals surface area (Å²) in [6.45, 7) is 4.45. The van der Waals surface area contributed by atoms with Crippen LogP contribution < -0.4 is 11.1 Å². The number of nitrogens with one attached hydrogen (secondary N) is 1. The zero-order valence-electron chi connectivity index (χ0n) is 13.7. The van der Waals surface area contributed by atoms with Crippen molar-refractivity contribution in [3.05, 3.63) is 36.4 Å². The van der Waals surface area contributed by atoms with Crippen LogP contribution in [0.4, 0.5) is 5.69 Å². The second kappa shape index (κ2) is 5.94. The summed E-state index contributed by atoms with van der Waals surface area (Å²) in [5.74, 6) is 0.909. The molecule has 3 aliphatic heterocycles. The minimum Gasteiger partial charge on any atom is -0.432 e. The van der Waals surface area contributed by atoms with E-state index in [2.05, 4.69) is 22.1 Å². The molecular formula is C18H22N4O2. The maximum atomic E-state index is 12.5. The molecule has 6 nitrogen and oxygen atoms in total. The van der Waals surface area contributed by atoms with E-state index >= 15 is 0 Å². The number of nitrogen functional groups attached to an aromatic ring is 1. The lowest BCUT2D eigenvalue weighted by molar-refractivity contribution is 0.0210. The van der Waals surface area contributed by atoms with Gasteiger partial charge in [0.2, 0.25) is 0 Å². The highest BCUT2D eigenvalue weighted by Gasteiger charge is 2.40. The highest BCUT2D eigenvalue weighted by molar-refractivity contribution is 5.90. The zero-order chi connectivity index (χ0) is 16.7. The molecule has 3 N–H and O–H groups in total. The molecule has 4 heterocycles. The van der Waals surface area contributed by atoms with E-state index in [1.54, 1.807) is 12.3 Å². The van der Waals surface area contributed by atoms with Crippen molar-refractivity contribution in [2.75, 3.05) is 18.8 Å². The summed E-state index contributed by atoms with van der Waals surface area (Å²) < 4.78 is 5.65. The Morgan fingerprint density at radius 2 is 2.08 bits per heavy atom. The van der Waals surface area contributed by atoms with E-state index in [4.69, 9.17) is 10.2 Å². The van der Waals surface area contributed by atoms with E-state index < -0.39 is 0 Å². The number of para-hydroxylation sites is 1. The van der Waals surface area contributed by atoms with E-state index in [0.29, 0.717) is 23.4 Å². The van der Waals surface area contributed by atoms with E-state index in [-0.39, 0.29) is 17.8 Å². The van der Waals surface area contributed by atoms with Crippen molar-refractivity contribution in [1.29, 1.82) is 0 Å². The van der Waals surface area contributed by atoms with Gasteiger partial charge in [0.25, 0.3) is 5.89 Å². The van der Waals surface area contributed by atoms with Gasteiger partial charge in [0.1, 0.15) is 0 Å². The van der Waals surface area contributed by atoms with Gasteiger partial charge in [-0.25, -0.2) is 4.98 Å². The summed E-state index contributed by atoms with van der Waals surface area (Å²) in [5, 5.41) is 3.13. The number of benzene rings is 1. The minimum absolute atomic E-state index is 0.0944. The second-order valence-electron chi connectivity index (χ2n) is 6.73. The number of carbonyl (C=O) groups is 1. The quantitative estimate of drug-likeness (QED) is 0.844. The first-order valence-electron chi connectivity index (χ1n) is 8.49. The van der Waals surface area contributed by atoms with Crippen molar-refractivity contribution in [2.45, 2.75) is 31.8 Å². The predicted octanol–water partition coefficient (Wildman–Crippen LogP) is 2.14. The van der Waals surface area contributed by atoms with Crippen LogP contribution in [-0.4, -0.2) is 41.0 Å². The third-order valence-electron chi connectivity index (χ3n) is 5.40. The van der Waals surface area contributed by atoms with Crippen LogP contribution in [0, 0.1) is 5.92 Å². The molecule has 3 saturated heterocycles.